The van der Waals surface area contributed by atoms with E-state index in [0.717, 1.165) is 22.0 Å². The molecular formula is C12H18N2O. The molecule has 2 rings (SSSR count). The summed E-state index contributed by atoms with van der Waals surface area (Å²) in [4.78, 5) is 0. The van der Waals surface area contributed by atoms with Gasteiger partial charge in [0.25, 0.3) is 0 Å². The molecular weight excluding hydrogens is 188 g/mol. The molecule has 0 aliphatic rings. The van der Waals surface area contributed by atoms with Crippen molar-refractivity contribution in [3.8, 4) is 0 Å². The minimum Gasteiger partial charge on any atom is -0.392 e. The van der Waals surface area contributed by atoms with Crippen molar-refractivity contribution in [2.45, 2.75) is 27.4 Å². The summed E-state index contributed by atoms with van der Waals surface area (Å²) in [5.41, 5.74) is 3.01. The van der Waals surface area contributed by atoms with E-state index in [4.69, 9.17) is 5.11 Å². The number of aryl methyl sites for hydroxylation is 2. The fourth-order valence-electron chi connectivity index (χ4n) is 1.52. The predicted octanol–water partition coefficient (Wildman–Crippen LogP) is 2.40. The molecule has 1 aromatic carbocycles. The Morgan fingerprint density at radius 1 is 1.33 bits per heavy atom. The predicted molar refractivity (Wildman–Crippen MR) is 62.7 cm³/mol. The molecule has 0 aliphatic carbocycles. The van der Waals surface area contributed by atoms with Gasteiger partial charge < -0.3 is 5.11 Å². The average molecular weight is 206 g/mol. The van der Waals surface area contributed by atoms with Crippen molar-refractivity contribution in [2.24, 2.45) is 7.05 Å². The van der Waals surface area contributed by atoms with E-state index in [-0.39, 0.29) is 6.61 Å². The zero-order chi connectivity index (χ0) is 11.4. The van der Waals surface area contributed by atoms with E-state index in [9.17, 15) is 0 Å². The molecule has 1 N–H and O–H groups in total. The molecule has 0 radical (unpaired) electrons. The first-order chi connectivity index (χ1) is 7.20. The normalized spacial score (nSPS) is 9.93. The van der Waals surface area contributed by atoms with Crippen molar-refractivity contribution in [1.29, 1.82) is 0 Å². The largest absolute Gasteiger partial charge is 0.392 e. The summed E-state index contributed by atoms with van der Waals surface area (Å²) in [5, 5.41) is 14.4. The number of aliphatic hydroxyl groups excluding tert-OH is 1. The van der Waals surface area contributed by atoms with Crippen LogP contribution in [-0.4, -0.2) is 14.9 Å². The molecule has 3 heteroatoms. The Morgan fingerprint density at radius 3 is 2.60 bits per heavy atom. The average Bonchev–Trinajstić information content (AvgIpc) is 2.59. The van der Waals surface area contributed by atoms with Crippen LogP contribution in [0.5, 0.6) is 0 Å². The summed E-state index contributed by atoms with van der Waals surface area (Å²) in [6, 6.07) is 3.98. The van der Waals surface area contributed by atoms with Gasteiger partial charge in [-0.2, -0.15) is 5.10 Å². The van der Waals surface area contributed by atoms with Crippen LogP contribution in [0, 0.1) is 6.92 Å². The number of nitrogens with zero attached hydrogens (tertiary/aromatic N) is 2. The van der Waals surface area contributed by atoms with Crippen molar-refractivity contribution in [3.63, 3.8) is 0 Å². The molecule has 82 valence electrons. The lowest BCUT2D eigenvalue weighted by molar-refractivity contribution is 0.281. The van der Waals surface area contributed by atoms with Crippen LogP contribution in [0.1, 0.15) is 25.0 Å². The highest BCUT2D eigenvalue weighted by molar-refractivity contribution is 5.79. The molecule has 1 aromatic heterocycles. The molecule has 0 fully saturated rings. The van der Waals surface area contributed by atoms with Gasteiger partial charge in [0.05, 0.1) is 12.1 Å². The van der Waals surface area contributed by atoms with E-state index in [0.29, 0.717) is 0 Å². The van der Waals surface area contributed by atoms with E-state index in [2.05, 4.69) is 5.10 Å². The van der Waals surface area contributed by atoms with Crippen LogP contribution in [0.4, 0.5) is 0 Å². The van der Waals surface area contributed by atoms with E-state index in [1.807, 2.05) is 46.1 Å². The van der Waals surface area contributed by atoms with Crippen molar-refractivity contribution in [1.82, 2.24) is 9.78 Å². The topological polar surface area (TPSA) is 38.0 Å². The highest BCUT2D eigenvalue weighted by atomic mass is 16.3. The Morgan fingerprint density at radius 2 is 2.00 bits per heavy atom. The lowest BCUT2D eigenvalue weighted by Gasteiger charge is -2.00. The van der Waals surface area contributed by atoms with Crippen LogP contribution in [0.2, 0.25) is 0 Å². The number of hydrogen-bond acceptors (Lipinski definition) is 2. The number of fused-ring (bicyclic) bond motifs is 1. The molecule has 3 nitrogen and oxygen atoms in total. The first-order valence-electron chi connectivity index (χ1n) is 5.24. The quantitative estimate of drug-likeness (QED) is 0.778. The highest BCUT2D eigenvalue weighted by Gasteiger charge is 2.02. The Hall–Kier alpha value is -1.35. The number of hydrogen-bond donors (Lipinski definition) is 1. The molecule has 0 aliphatic heterocycles. The number of benzene rings is 1. The molecule has 0 atom stereocenters. The minimum absolute atomic E-state index is 0.0817. The van der Waals surface area contributed by atoms with Gasteiger partial charge in [-0.25, -0.2) is 0 Å². The molecule has 2 aromatic rings. The zero-order valence-electron chi connectivity index (χ0n) is 9.78. The maximum absolute atomic E-state index is 9.05. The van der Waals surface area contributed by atoms with Crippen LogP contribution in [-0.2, 0) is 13.7 Å². The second-order valence-electron chi connectivity index (χ2n) is 3.30. The van der Waals surface area contributed by atoms with Crippen molar-refractivity contribution in [3.05, 3.63) is 29.5 Å². The fraction of sp³-hybridized carbons (Fsp3) is 0.417. The first kappa shape index (κ1) is 11.7. The third-order valence-electron chi connectivity index (χ3n) is 2.25. The van der Waals surface area contributed by atoms with Crippen LogP contribution in [0.3, 0.4) is 0 Å². The Bertz CT molecular complexity index is 446. The number of aliphatic hydroxyl groups is 1. The third kappa shape index (κ3) is 2.36. The fourth-order valence-corrected chi connectivity index (χ4v) is 1.52. The van der Waals surface area contributed by atoms with Gasteiger partial charge in [-0.05, 0) is 30.2 Å². The van der Waals surface area contributed by atoms with E-state index < -0.39 is 0 Å². The summed E-state index contributed by atoms with van der Waals surface area (Å²) in [6.45, 7) is 6.08. The standard InChI is InChI=1S/C10H12N2O.C2H6/c1-7-3-8-5-12(2)11-10(8)4-9(7)6-13;1-2/h3-5,13H,6H2,1-2H3;1-2H3. The van der Waals surface area contributed by atoms with Gasteiger partial charge in [0.1, 0.15) is 0 Å². The molecule has 0 amide bonds. The van der Waals surface area contributed by atoms with E-state index in [1.54, 1.807) is 4.68 Å². The second-order valence-corrected chi connectivity index (χ2v) is 3.30. The maximum atomic E-state index is 9.05. The summed E-state index contributed by atoms with van der Waals surface area (Å²) in [6.07, 6.45) is 1.98. The lowest BCUT2D eigenvalue weighted by atomic mass is 10.1. The number of aromatic nitrogens is 2. The van der Waals surface area contributed by atoms with Crippen LogP contribution in [0.25, 0.3) is 10.9 Å². The van der Waals surface area contributed by atoms with Crippen LogP contribution in [0.15, 0.2) is 18.3 Å². The molecule has 0 unspecified atom stereocenters. The first-order valence-corrected chi connectivity index (χ1v) is 5.24. The van der Waals surface area contributed by atoms with Crippen molar-refractivity contribution in [2.75, 3.05) is 0 Å². The summed E-state index contributed by atoms with van der Waals surface area (Å²) < 4.78 is 1.78. The Balaban J connectivity index is 0.000000531. The maximum Gasteiger partial charge on any atom is 0.0926 e. The molecule has 1 heterocycles. The van der Waals surface area contributed by atoms with Gasteiger partial charge in [-0.15, -0.1) is 0 Å². The smallest absolute Gasteiger partial charge is 0.0926 e. The van der Waals surface area contributed by atoms with Gasteiger partial charge in [0.15, 0.2) is 0 Å². The van der Waals surface area contributed by atoms with Crippen molar-refractivity contribution < 1.29 is 5.11 Å². The highest BCUT2D eigenvalue weighted by Crippen LogP contribution is 2.18. The van der Waals surface area contributed by atoms with Crippen LogP contribution >= 0.6 is 0 Å². The summed E-state index contributed by atoms with van der Waals surface area (Å²) in [5.74, 6) is 0. The zero-order valence-corrected chi connectivity index (χ0v) is 9.78. The summed E-state index contributed by atoms with van der Waals surface area (Å²) >= 11 is 0. The molecule has 15 heavy (non-hydrogen) atoms. The minimum atomic E-state index is 0.0817. The molecule has 0 saturated heterocycles. The third-order valence-corrected chi connectivity index (χ3v) is 2.25. The second kappa shape index (κ2) is 4.94. The molecule has 0 spiro atoms. The van der Waals surface area contributed by atoms with Gasteiger partial charge in [0.2, 0.25) is 0 Å². The summed E-state index contributed by atoms with van der Waals surface area (Å²) in [7, 11) is 1.90. The van der Waals surface area contributed by atoms with Crippen molar-refractivity contribution >= 4 is 10.9 Å². The van der Waals surface area contributed by atoms with Gasteiger partial charge in [-0.1, -0.05) is 13.8 Å². The van der Waals surface area contributed by atoms with E-state index in [1.165, 1.54) is 0 Å². The molecule has 0 saturated carbocycles. The van der Waals surface area contributed by atoms with Gasteiger partial charge >= 0.3 is 0 Å². The van der Waals surface area contributed by atoms with Gasteiger partial charge in [-0.3, -0.25) is 4.68 Å². The Labute approximate surface area is 90.3 Å². The van der Waals surface area contributed by atoms with Crippen LogP contribution < -0.4 is 0 Å². The number of rotatable bonds is 1. The lowest BCUT2D eigenvalue weighted by Crippen LogP contribution is -1.88. The van der Waals surface area contributed by atoms with Gasteiger partial charge in [0, 0.05) is 18.6 Å². The molecule has 0 bridgehead atoms. The van der Waals surface area contributed by atoms with E-state index >= 15 is 0 Å². The Kier molecular flexibility index (Phi) is 3.86. The SMILES string of the molecule is CC.Cc1cc2cn(C)nc2cc1CO. The monoisotopic (exact) mass is 206 g/mol.